The monoisotopic (exact) mass is 334 g/mol. The largest absolute Gasteiger partial charge is 0.491 e. The van der Waals surface area contributed by atoms with E-state index in [2.05, 4.69) is 0 Å². The summed E-state index contributed by atoms with van der Waals surface area (Å²) < 4.78 is 47.9. The Morgan fingerprint density at radius 1 is 0.917 bits per heavy atom. The molecule has 4 heteroatoms. The number of benzene rings is 2. The molecular formula is C20H21F3O. The summed E-state index contributed by atoms with van der Waals surface area (Å²) in [7, 11) is 0. The molecule has 0 aliphatic heterocycles. The summed E-state index contributed by atoms with van der Waals surface area (Å²) in [6.45, 7) is 1.93. The Labute approximate surface area is 140 Å². The van der Waals surface area contributed by atoms with Gasteiger partial charge in [0.2, 0.25) is 5.82 Å². The molecule has 128 valence electrons. The first-order chi connectivity index (χ1) is 11.6. The van der Waals surface area contributed by atoms with Crippen LogP contribution in [0.2, 0.25) is 0 Å². The molecule has 3 rings (SSSR count). The van der Waals surface area contributed by atoms with Crippen molar-refractivity contribution in [3.8, 4) is 16.9 Å². The molecule has 0 N–H and O–H groups in total. The van der Waals surface area contributed by atoms with Crippen LogP contribution in [0.1, 0.15) is 50.5 Å². The fourth-order valence-electron chi connectivity index (χ4n) is 3.45. The third-order valence-electron chi connectivity index (χ3n) is 4.71. The van der Waals surface area contributed by atoms with Gasteiger partial charge in [0.25, 0.3) is 0 Å². The number of ether oxygens (including phenoxy) is 1. The first-order valence-electron chi connectivity index (χ1n) is 8.52. The topological polar surface area (TPSA) is 9.23 Å². The van der Waals surface area contributed by atoms with Gasteiger partial charge < -0.3 is 4.74 Å². The van der Waals surface area contributed by atoms with Gasteiger partial charge in [0, 0.05) is 11.1 Å². The standard InChI is InChI=1S/C20H21F3O/c1-2-24-18-11-10-16(19(22)20(18)23)15-9-8-14(12-17(15)21)13-6-4-3-5-7-13/h8-13H,2-7H2,1H3. The zero-order valence-corrected chi connectivity index (χ0v) is 13.7. The molecular weight excluding hydrogens is 313 g/mol. The molecule has 2 aromatic carbocycles. The Morgan fingerprint density at radius 3 is 2.29 bits per heavy atom. The molecule has 0 saturated heterocycles. The molecule has 0 heterocycles. The van der Waals surface area contributed by atoms with E-state index in [0.717, 1.165) is 31.2 Å². The predicted octanol–water partition coefficient (Wildman–Crippen LogP) is 6.22. The minimum absolute atomic E-state index is 0.0778. The van der Waals surface area contributed by atoms with Gasteiger partial charge in [-0.2, -0.15) is 4.39 Å². The normalized spacial score (nSPS) is 15.5. The summed E-state index contributed by atoms with van der Waals surface area (Å²) >= 11 is 0. The van der Waals surface area contributed by atoms with Gasteiger partial charge in [-0.1, -0.05) is 31.4 Å². The van der Waals surface area contributed by atoms with Crippen LogP contribution in [0, 0.1) is 17.5 Å². The fourth-order valence-corrected chi connectivity index (χ4v) is 3.45. The Bertz CT molecular complexity index is 721. The molecule has 1 fully saturated rings. The van der Waals surface area contributed by atoms with Crippen LogP contribution in [0.15, 0.2) is 30.3 Å². The first kappa shape index (κ1) is 16.9. The van der Waals surface area contributed by atoms with Gasteiger partial charge in [-0.15, -0.1) is 0 Å². The minimum atomic E-state index is -1.08. The second-order valence-corrected chi connectivity index (χ2v) is 6.25. The average Bonchev–Trinajstić information content (AvgIpc) is 2.61. The molecule has 1 saturated carbocycles. The summed E-state index contributed by atoms with van der Waals surface area (Å²) in [6, 6.07) is 7.56. The number of hydrogen-bond donors (Lipinski definition) is 0. The van der Waals surface area contributed by atoms with E-state index in [4.69, 9.17) is 4.74 Å². The van der Waals surface area contributed by atoms with Crippen molar-refractivity contribution in [2.24, 2.45) is 0 Å². The highest BCUT2D eigenvalue weighted by atomic mass is 19.2. The van der Waals surface area contributed by atoms with Crippen LogP contribution in [-0.4, -0.2) is 6.61 Å². The van der Waals surface area contributed by atoms with E-state index in [1.165, 1.54) is 24.6 Å². The molecule has 0 unspecified atom stereocenters. The van der Waals surface area contributed by atoms with E-state index in [1.807, 2.05) is 6.07 Å². The molecule has 2 aromatic rings. The fraction of sp³-hybridized carbons (Fsp3) is 0.400. The van der Waals surface area contributed by atoms with E-state index >= 15 is 0 Å². The van der Waals surface area contributed by atoms with Crippen LogP contribution in [-0.2, 0) is 0 Å². The molecule has 0 bridgehead atoms. The van der Waals surface area contributed by atoms with Gasteiger partial charge >= 0.3 is 0 Å². The SMILES string of the molecule is CCOc1ccc(-c2ccc(C3CCCCC3)cc2F)c(F)c1F. The summed E-state index contributed by atoms with van der Waals surface area (Å²) in [5, 5.41) is 0. The van der Waals surface area contributed by atoms with Crippen LogP contribution in [0.25, 0.3) is 11.1 Å². The zero-order valence-electron chi connectivity index (χ0n) is 13.7. The Kier molecular flexibility index (Phi) is 5.12. The maximum Gasteiger partial charge on any atom is 0.201 e. The van der Waals surface area contributed by atoms with Crippen molar-refractivity contribution in [2.45, 2.75) is 44.9 Å². The molecule has 0 amide bonds. The maximum absolute atomic E-state index is 14.5. The zero-order chi connectivity index (χ0) is 17.1. The van der Waals surface area contributed by atoms with E-state index in [1.54, 1.807) is 13.0 Å². The van der Waals surface area contributed by atoms with Crippen molar-refractivity contribution in [3.63, 3.8) is 0 Å². The lowest BCUT2D eigenvalue weighted by molar-refractivity contribution is 0.314. The van der Waals surface area contributed by atoms with Gasteiger partial charge in [-0.25, -0.2) is 8.78 Å². The van der Waals surface area contributed by atoms with Crippen molar-refractivity contribution in [1.29, 1.82) is 0 Å². The van der Waals surface area contributed by atoms with Crippen molar-refractivity contribution in [3.05, 3.63) is 53.3 Å². The van der Waals surface area contributed by atoms with E-state index in [0.29, 0.717) is 5.92 Å². The number of halogens is 3. The van der Waals surface area contributed by atoms with Crippen molar-refractivity contribution in [2.75, 3.05) is 6.61 Å². The Balaban J connectivity index is 1.93. The Hall–Kier alpha value is -1.97. The quantitative estimate of drug-likeness (QED) is 0.645. The van der Waals surface area contributed by atoms with Crippen molar-refractivity contribution < 1.29 is 17.9 Å². The molecule has 1 nitrogen and oxygen atoms in total. The summed E-state index contributed by atoms with van der Waals surface area (Å²) in [5.41, 5.74) is 0.945. The molecule has 0 radical (unpaired) electrons. The predicted molar refractivity (Wildman–Crippen MR) is 88.7 cm³/mol. The highest BCUT2D eigenvalue weighted by Gasteiger charge is 2.20. The van der Waals surface area contributed by atoms with Crippen LogP contribution in [0.4, 0.5) is 13.2 Å². The minimum Gasteiger partial charge on any atom is -0.491 e. The van der Waals surface area contributed by atoms with E-state index < -0.39 is 17.5 Å². The van der Waals surface area contributed by atoms with Crippen LogP contribution in [0.3, 0.4) is 0 Å². The van der Waals surface area contributed by atoms with Gasteiger partial charge in [0.1, 0.15) is 5.82 Å². The van der Waals surface area contributed by atoms with Crippen LogP contribution in [0.5, 0.6) is 5.75 Å². The lowest BCUT2D eigenvalue weighted by Gasteiger charge is -2.22. The molecule has 1 aliphatic rings. The van der Waals surface area contributed by atoms with Gasteiger partial charge in [-0.05, 0) is 49.4 Å². The smallest absolute Gasteiger partial charge is 0.201 e. The lowest BCUT2D eigenvalue weighted by Crippen LogP contribution is -2.05. The second-order valence-electron chi connectivity index (χ2n) is 6.25. The highest BCUT2D eigenvalue weighted by molar-refractivity contribution is 5.66. The molecule has 1 aliphatic carbocycles. The molecule has 24 heavy (non-hydrogen) atoms. The molecule has 0 spiro atoms. The van der Waals surface area contributed by atoms with E-state index in [9.17, 15) is 13.2 Å². The third kappa shape index (κ3) is 3.28. The van der Waals surface area contributed by atoms with E-state index in [-0.39, 0.29) is 23.5 Å². The van der Waals surface area contributed by atoms with Crippen LogP contribution >= 0.6 is 0 Å². The second kappa shape index (κ2) is 7.29. The first-order valence-corrected chi connectivity index (χ1v) is 8.52. The summed E-state index contributed by atoms with van der Waals surface area (Å²) in [5.74, 6) is -2.46. The number of hydrogen-bond acceptors (Lipinski definition) is 1. The Morgan fingerprint density at radius 2 is 1.62 bits per heavy atom. The van der Waals surface area contributed by atoms with Gasteiger partial charge in [0.15, 0.2) is 11.6 Å². The summed E-state index contributed by atoms with van der Waals surface area (Å²) in [6.07, 6.45) is 5.67. The lowest BCUT2D eigenvalue weighted by atomic mass is 9.83. The highest BCUT2D eigenvalue weighted by Crippen LogP contribution is 2.36. The average molecular weight is 334 g/mol. The van der Waals surface area contributed by atoms with Gasteiger partial charge in [-0.3, -0.25) is 0 Å². The molecule has 0 aromatic heterocycles. The number of rotatable bonds is 4. The summed E-state index contributed by atoms with van der Waals surface area (Å²) in [4.78, 5) is 0. The van der Waals surface area contributed by atoms with Crippen molar-refractivity contribution >= 4 is 0 Å². The van der Waals surface area contributed by atoms with Gasteiger partial charge in [0.05, 0.1) is 6.61 Å². The third-order valence-corrected chi connectivity index (χ3v) is 4.71. The van der Waals surface area contributed by atoms with Crippen molar-refractivity contribution in [1.82, 2.24) is 0 Å². The molecule has 0 atom stereocenters. The van der Waals surface area contributed by atoms with Crippen LogP contribution < -0.4 is 4.74 Å². The maximum atomic E-state index is 14.5.